The van der Waals surface area contributed by atoms with Gasteiger partial charge in [0.05, 0.1) is 8.95 Å². The van der Waals surface area contributed by atoms with Crippen LogP contribution in [0, 0.1) is 0 Å². The maximum Gasteiger partial charge on any atom is 0.232 e. The number of nitrogens with one attached hydrogen (secondary N) is 1. The summed E-state index contributed by atoms with van der Waals surface area (Å²) in [6.07, 6.45) is 0. The minimum Gasteiger partial charge on any atom is -0.483 e. The summed E-state index contributed by atoms with van der Waals surface area (Å²) in [6, 6.07) is 15.3. The van der Waals surface area contributed by atoms with E-state index in [2.05, 4.69) is 52.1 Å². The number of benzene rings is 2. The lowest BCUT2D eigenvalue weighted by atomic mass is 10.3. The van der Waals surface area contributed by atoms with Crippen LogP contribution < -0.4 is 15.8 Å². The minimum absolute atomic E-state index is 0.133. The maximum absolute atomic E-state index is 5.78. The first-order valence-corrected chi connectivity index (χ1v) is 8.60. The van der Waals surface area contributed by atoms with E-state index in [9.17, 15) is 0 Å². The fourth-order valence-corrected chi connectivity index (χ4v) is 3.19. The van der Waals surface area contributed by atoms with Gasteiger partial charge in [-0.1, -0.05) is 24.3 Å². The zero-order valence-corrected chi connectivity index (χ0v) is 15.6. The monoisotopic (exact) mass is 449 g/mol. The second-order valence-corrected chi connectivity index (χ2v) is 6.47. The number of nitrogens with two attached hydrogens (primary N) is 1. The normalized spacial score (nSPS) is 10.4. The number of para-hydroxylation sites is 2. The van der Waals surface area contributed by atoms with Gasteiger partial charge in [-0.3, -0.25) is 0 Å². The number of hydrogen-bond donors (Lipinski definition) is 2. The van der Waals surface area contributed by atoms with Crippen LogP contribution in [0.1, 0.15) is 5.82 Å². The summed E-state index contributed by atoms with van der Waals surface area (Å²) >= 11 is 6.90. The zero-order valence-electron chi connectivity index (χ0n) is 12.4. The van der Waals surface area contributed by atoms with E-state index in [1.54, 1.807) is 0 Å². The fourth-order valence-electron chi connectivity index (χ4n) is 1.97. The van der Waals surface area contributed by atoms with Crippen molar-refractivity contribution in [3.63, 3.8) is 0 Å². The second kappa shape index (κ2) is 7.59. The molecule has 3 rings (SSSR count). The van der Waals surface area contributed by atoms with E-state index in [0.717, 1.165) is 14.6 Å². The molecule has 0 aliphatic rings. The van der Waals surface area contributed by atoms with E-state index in [4.69, 9.17) is 10.5 Å². The molecule has 0 saturated heterocycles. The van der Waals surface area contributed by atoms with Gasteiger partial charge in [0.1, 0.15) is 12.4 Å². The predicted octanol–water partition coefficient (Wildman–Crippen LogP) is 4.30. The van der Waals surface area contributed by atoms with Crippen LogP contribution >= 0.6 is 31.9 Å². The van der Waals surface area contributed by atoms with Gasteiger partial charge in [0.25, 0.3) is 0 Å². The molecule has 3 N–H and O–H groups in total. The van der Waals surface area contributed by atoms with Crippen molar-refractivity contribution in [1.82, 2.24) is 15.0 Å². The Kier molecular flexibility index (Phi) is 5.27. The molecule has 24 heavy (non-hydrogen) atoms. The van der Waals surface area contributed by atoms with Crippen LogP contribution in [-0.4, -0.2) is 15.0 Å². The van der Waals surface area contributed by atoms with Gasteiger partial charge in [-0.25, -0.2) is 0 Å². The van der Waals surface area contributed by atoms with Crippen LogP contribution in [0.5, 0.6) is 5.75 Å². The smallest absolute Gasteiger partial charge is 0.232 e. The van der Waals surface area contributed by atoms with E-state index in [1.807, 2.05) is 48.5 Å². The average molecular weight is 451 g/mol. The lowest BCUT2D eigenvalue weighted by Gasteiger charge is -2.10. The topological polar surface area (TPSA) is 86.0 Å². The number of anilines is 3. The Morgan fingerprint density at radius 2 is 1.62 bits per heavy atom. The lowest BCUT2D eigenvalue weighted by Crippen LogP contribution is -2.09. The highest BCUT2D eigenvalue weighted by molar-refractivity contribution is 9.11. The highest BCUT2D eigenvalue weighted by atomic mass is 79.9. The molecule has 0 spiro atoms. The highest BCUT2D eigenvalue weighted by Gasteiger charge is 2.09. The molecule has 1 heterocycles. The number of aromatic nitrogens is 3. The van der Waals surface area contributed by atoms with Crippen molar-refractivity contribution in [2.45, 2.75) is 6.61 Å². The molecule has 0 fully saturated rings. The molecular formula is C16H13Br2N5O. The molecule has 0 unspecified atom stereocenters. The van der Waals surface area contributed by atoms with Crippen molar-refractivity contribution in [3.8, 4) is 5.75 Å². The molecule has 0 radical (unpaired) electrons. The number of nitrogens with zero attached hydrogens (tertiary/aromatic N) is 3. The van der Waals surface area contributed by atoms with Crippen LogP contribution in [0.25, 0.3) is 0 Å². The fraction of sp³-hybridized carbons (Fsp3) is 0.0625. The third-order valence-electron chi connectivity index (χ3n) is 2.99. The van der Waals surface area contributed by atoms with Gasteiger partial charge in [0, 0.05) is 5.69 Å². The van der Waals surface area contributed by atoms with Gasteiger partial charge in [-0.15, -0.1) is 0 Å². The van der Waals surface area contributed by atoms with Gasteiger partial charge in [0.15, 0.2) is 5.82 Å². The Morgan fingerprint density at radius 3 is 2.33 bits per heavy atom. The zero-order chi connectivity index (χ0) is 16.9. The molecule has 2 aromatic carbocycles. The first-order chi connectivity index (χ1) is 11.6. The molecule has 0 saturated carbocycles. The van der Waals surface area contributed by atoms with Gasteiger partial charge in [0.2, 0.25) is 11.9 Å². The average Bonchev–Trinajstić information content (AvgIpc) is 2.55. The van der Waals surface area contributed by atoms with E-state index in [-0.39, 0.29) is 12.6 Å². The third-order valence-corrected chi connectivity index (χ3v) is 4.24. The molecule has 3 aromatic rings. The van der Waals surface area contributed by atoms with Crippen LogP contribution in [0.4, 0.5) is 17.6 Å². The summed E-state index contributed by atoms with van der Waals surface area (Å²) in [6.45, 7) is 0.164. The first kappa shape index (κ1) is 16.7. The minimum atomic E-state index is 0.133. The molecule has 0 bridgehead atoms. The maximum atomic E-state index is 5.78. The first-order valence-electron chi connectivity index (χ1n) is 7.01. The summed E-state index contributed by atoms with van der Waals surface area (Å²) in [5.41, 5.74) is 6.63. The molecule has 0 amide bonds. The van der Waals surface area contributed by atoms with E-state index in [0.29, 0.717) is 17.5 Å². The van der Waals surface area contributed by atoms with Crippen LogP contribution in [0.15, 0.2) is 57.5 Å². The molecule has 6 nitrogen and oxygen atoms in total. The van der Waals surface area contributed by atoms with Crippen molar-refractivity contribution < 1.29 is 4.74 Å². The van der Waals surface area contributed by atoms with E-state index in [1.165, 1.54) is 0 Å². The molecule has 0 aliphatic heterocycles. The van der Waals surface area contributed by atoms with Crippen molar-refractivity contribution in [1.29, 1.82) is 0 Å². The molecule has 0 atom stereocenters. The van der Waals surface area contributed by atoms with Crippen LogP contribution in [0.3, 0.4) is 0 Å². The van der Waals surface area contributed by atoms with Crippen molar-refractivity contribution in [2.75, 3.05) is 11.1 Å². The Labute approximate surface area is 155 Å². The van der Waals surface area contributed by atoms with Crippen molar-refractivity contribution >= 4 is 49.4 Å². The van der Waals surface area contributed by atoms with Crippen molar-refractivity contribution in [2.24, 2.45) is 0 Å². The molecule has 8 heteroatoms. The molecular weight excluding hydrogens is 438 g/mol. The summed E-state index contributed by atoms with van der Waals surface area (Å²) in [4.78, 5) is 12.5. The standard InChI is InChI=1S/C16H13Br2N5O/c17-11-7-4-8-12(18)14(11)24-9-13-21-15(19)23-16(22-13)20-10-5-2-1-3-6-10/h1-8H,9H2,(H3,19,20,21,22,23). The number of nitrogen functional groups attached to an aromatic ring is 1. The van der Waals surface area contributed by atoms with Crippen LogP contribution in [-0.2, 0) is 6.61 Å². The number of rotatable bonds is 5. The third kappa shape index (κ3) is 4.21. The SMILES string of the molecule is Nc1nc(COc2c(Br)cccc2Br)nc(Nc2ccccc2)n1. The van der Waals surface area contributed by atoms with Gasteiger partial charge >= 0.3 is 0 Å². The van der Waals surface area contributed by atoms with Crippen molar-refractivity contribution in [3.05, 3.63) is 63.3 Å². The number of halogens is 2. The Hall–Kier alpha value is -2.19. The lowest BCUT2D eigenvalue weighted by molar-refractivity contribution is 0.292. The number of hydrogen-bond acceptors (Lipinski definition) is 6. The van der Waals surface area contributed by atoms with E-state index < -0.39 is 0 Å². The Morgan fingerprint density at radius 1 is 0.917 bits per heavy atom. The van der Waals surface area contributed by atoms with Gasteiger partial charge in [-0.05, 0) is 56.1 Å². The Balaban J connectivity index is 1.77. The largest absolute Gasteiger partial charge is 0.483 e. The van der Waals surface area contributed by atoms with E-state index >= 15 is 0 Å². The molecule has 122 valence electrons. The van der Waals surface area contributed by atoms with Gasteiger partial charge in [-0.2, -0.15) is 15.0 Å². The highest BCUT2D eigenvalue weighted by Crippen LogP contribution is 2.33. The second-order valence-electron chi connectivity index (χ2n) is 4.76. The summed E-state index contributed by atoms with van der Waals surface area (Å²) in [5.74, 6) is 1.62. The van der Waals surface area contributed by atoms with Gasteiger partial charge < -0.3 is 15.8 Å². The Bertz CT molecular complexity index is 825. The quantitative estimate of drug-likeness (QED) is 0.602. The molecule has 1 aromatic heterocycles. The number of ether oxygens (including phenoxy) is 1. The van der Waals surface area contributed by atoms with Crippen LogP contribution in [0.2, 0.25) is 0 Å². The summed E-state index contributed by atoms with van der Waals surface area (Å²) in [5, 5.41) is 3.09. The molecule has 0 aliphatic carbocycles. The predicted molar refractivity (Wildman–Crippen MR) is 100 cm³/mol. The summed E-state index contributed by atoms with van der Waals surface area (Å²) < 4.78 is 7.45. The summed E-state index contributed by atoms with van der Waals surface area (Å²) in [7, 11) is 0.